The minimum Gasteiger partial charge on any atom is -0.507 e. The molecule has 1 saturated carbocycles. The van der Waals surface area contributed by atoms with Crippen LogP contribution in [0.1, 0.15) is 341 Å². The molecule has 19 heteroatoms. The van der Waals surface area contributed by atoms with Crippen LogP contribution in [-0.4, -0.2) is 106 Å². The molecule has 0 saturated heterocycles. The third-order valence-electron chi connectivity index (χ3n) is 21.9. The summed E-state index contributed by atoms with van der Waals surface area (Å²) >= 11 is 0. The molecule has 0 bridgehead atoms. The molecule has 0 heterocycles. The Labute approximate surface area is 799 Å². The molecule has 4 radical (unpaired) electrons. The predicted molar refractivity (Wildman–Crippen MR) is 542 cm³/mol. The van der Waals surface area contributed by atoms with E-state index in [0.29, 0.717) is 52.6 Å². The van der Waals surface area contributed by atoms with Crippen LogP contribution >= 0.6 is 9.12 Å². The number of nitrogens with zero attached hydrogens (tertiary/aromatic N) is 4. The van der Waals surface area contributed by atoms with Gasteiger partial charge in [-0.1, -0.05) is 324 Å². The molecule has 0 amide bonds. The van der Waals surface area contributed by atoms with Gasteiger partial charge in [0.1, 0.15) is 28.7 Å². The minimum atomic E-state index is -0.280. The van der Waals surface area contributed by atoms with E-state index in [0.717, 1.165) is 92.5 Å². The van der Waals surface area contributed by atoms with Crippen LogP contribution < -0.4 is 0 Å². The van der Waals surface area contributed by atoms with Crippen LogP contribution in [0.5, 0.6) is 28.7 Å². The van der Waals surface area contributed by atoms with Gasteiger partial charge in [-0.05, 0) is 184 Å². The Balaban J connectivity index is 0. The Morgan fingerprint density at radius 3 is 0.828 bits per heavy atom. The van der Waals surface area contributed by atoms with Crippen molar-refractivity contribution in [3.05, 3.63) is 238 Å². The Hall–Kier alpha value is -8.25. The first-order chi connectivity index (χ1) is 57.9. The molecule has 1 unspecified atom stereocenters. The van der Waals surface area contributed by atoms with Crippen molar-refractivity contribution in [2.24, 2.45) is 52.5 Å². The molecule has 708 valence electrons. The number of rotatable bonds is 9. The van der Waals surface area contributed by atoms with Gasteiger partial charge in [0.15, 0.2) is 23.1 Å². The zero-order valence-electron chi connectivity index (χ0n) is 85.6. The third-order valence-corrected chi connectivity index (χ3v) is 21.9. The van der Waals surface area contributed by atoms with Crippen LogP contribution in [-0.2, 0) is 85.2 Å². The van der Waals surface area contributed by atoms with Crippen molar-refractivity contribution in [3.63, 3.8) is 0 Å². The molecule has 4 aliphatic rings. The number of aromatic hydroxyl groups is 5. The average Bonchev–Trinajstić information content (AvgIpc) is 0.753. The molecule has 128 heavy (non-hydrogen) atoms. The van der Waals surface area contributed by atoms with Gasteiger partial charge in [-0.3, -0.25) is 39.1 Å². The van der Waals surface area contributed by atoms with E-state index < -0.39 is 0 Å². The van der Waals surface area contributed by atoms with Gasteiger partial charge in [-0.25, -0.2) is 0 Å². The van der Waals surface area contributed by atoms with E-state index in [9.17, 15) is 44.7 Å². The molecule has 15 nitrogen and oxygen atoms in total. The summed E-state index contributed by atoms with van der Waals surface area (Å²) in [5.41, 5.74) is 13.8. The van der Waals surface area contributed by atoms with E-state index in [2.05, 4.69) is 250 Å². The van der Waals surface area contributed by atoms with E-state index >= 15 is 0 Å². The van der Waals surface area contributed by atoms with Gasteiger partial charge in [0.2, 0.25) is 0 Å². The maximum atomic E-state index is 13.3. The summed E-state index contributed by atoms with van der Waals surface area (Å²) in [6.45, 7) is 76.5. The number of carbonyl (C=O) groups is 4. The Kier molecular flexibility index (Phi) is 43.9. The predicted octanol–water partition coefficient (Wildman–Crippen LogP) is 27.1. The molecule has 4 aliphatic carbocycles. The van der Waals surface area contributed by atoms with Crippen LogP contribution in [0, 0.1) is 42.4 Å². The van der Waals surface area contributed by atoms with Crippen molar-refractivity contribution in [2.45, 2.75) is 327 Å². The van der Waals surface area contributed by atoms with Crippen molar-refractivity contribution < 1.29 is 81.2 Å². The summed E-state index contributed by atoms with van der Waals surface area (Å²) in [5.74, 6) is 1.73. The van der Waals surface area contributed by atoms with E-state index in [1.807, 2.05) is 118 Å². The fourth-order valence-corrected chi connectivity index (χ4v) is 14.2. The average molecular weight is 1870 g/mol. The van der Waals surface area contributed by atoms with Gasteiger partial charge in [0.05, 0.1) is 32.7 Å². The van der Waals surface area contributed by atoms with Gasteiger partial charge >= 0.3 is 0 Å². The largest absolute Gasteiger partial charge is 0.507 e. The number of carbonyl (C=O) groups excluding carboxylic acids is 4. The number of hydrogen-bond acceptors (Lipinski definition) is 15. The van der Waals surface area contributed by atoms with Crippen molar-refractivity contribution in [1.29, 1.82) is 0 Å². The number of phenolic OH excluding ortho intramolecular Hbond substituents is 5. The number of benzene rings is 5. The van der Waals surface area contributed by atoms with Crippen LogP contribution in [0.3, 0.4) is 0 Å². The summed E-state index contributed by atoms with van der Waals surface area (Å²) in [6.07, 6.45) is 22.3. The van der Waals surface area contributed by atoms with E-state index in [-0.39, 0.29) is 153 Å². The van der Waals surface area contributed by atoms with Crippen LogP contribution in [0.4, 0.5) is 0 Å². The second-order valence-corrected chi connectivity index (χ2v) is 45.4. The van der Waals surface area contributed by atoms with Gasteiger partial charge < -0.3 is 25.5 Å². The summed E-state index contributed by atoms with van der Waals surface area (Å²) in [5, 5.41) is 51.8. The topological polar surface area (TPSA) is 253 Å². The number of Topliss-reactive ketones (excluding diaryl/α,β-unsaturated/α-hetero) is 3. The molecular formula is C109H160BCo2N4O11P. The second-order valence-electron chi connectivity index (χ2n) is 45.4. The van der Waals surface area contributed by atoms with Gasteiger partial charge in [0.25, 0.3) is 0 Å². The minimum absolute atomic E-state index is 0. The maximum Gasteiger partial charge on any atom is 0.186 e. The maximum absolute atomic E-state index is 13.3. The number of ketones is 4. The molecule has 5 N–H and O–H groups in total. The van der Waals surface area contributed by atoms with E-state index in [1.165, 1.54) is 23.3 Å². The fraction of sp³-hybridized carbons (Fsp3) is 0.523. The Morgan fingerprint density at radius 2 is 0.594 bits per heavy atom. The van der Waals surface area contributed by atoms with Crippen LogP contribution in [0.2, 0.25) is 0 Å². The van der Waals surface area contributed by atoms with Crippen molar-refractivity contribution in [3.8, 4) is 28.7 Å². The first kappa shape index (κ1) is 118. The number of para-hydroxylation sites is 3. The van der Waals surface area contributed by atoms with Crippen molar-refractivity contribution >= 4 is 64.7 Å². The molecule has 3 atom stereocenters. The van der Waals surface area contributed by atoms with Crippen molar-refractivity contribution in [1.82, 2.24) is 0 Å². The third kappa shape index (κ3) is 35.1. The first-order valence-corrected chi connectivity index (χ1v) is 44.5. The van der Waals surface area contributed by atoms with E-state index in [1.54, 1.807) is 48.8 Å². The van der Waals surface area contributed by atoms with Crippen molar-refractivity contribution in [2.75, 3.05) is 13.1 Å². The standard InChI is InChI=1S/C36H54N2O2.C28H40O2.C16H16N2O2.C14H20O2.C14H22O.CH4.BH2P.2Co.O2.H2/c1-33(2,3)25-17-23(31(39)27(19-25)35(7,8)9)21-37-29-15-13-14-16-30(29)38-22-24-18-26(34(4,5)6)20-28(32(24)40)36(10,11)12;1-25(2,3)19-13-17(14-20(23(19)29)26(4,5)6)18-15-21(27(7,8)9)24(30)22(16-18)28(10,11)12;19-15-7-3-1-5-13(15)11-17-9-10-18-12-14-6-2-4-8-16(14)20;1-13(2,3)10-7-9(15)8-11(12(10)16)14(4,5)6;1-13(2,3)10-8-7-9-11(12(10)15)14(4,5)6;;1-2;;;1-2;/h17-22,29-30,39-40H,13-16H2,1-12H3;13-16H,1-12H3;1-8,11-12,19-20H,9-10H2;7-8H,1-6H3;7-9,15H,1-6H3;1H4;2H2;;;;1H/t29-,30-;;;;;;;;;;/m1........../s1/i;;;;;;;;;;1+2D. The summed E-state index contributed by atoms with van der Waals surface area (Å²) < 4.78 is 10.0. The van der Waals surface area contributed by atoms with Gasteiger partial charge in [-0.15, -0.1) is 0 Å². The molecular weight excluding hydrogens is 1700 g/mol. The zero-order chi connectivity index (χ0) is 98.5. The summed E-state index contributed by atoms with van der Waals surface area (Å²) in [7, 11) is 6.33. The molecule has 0 spiro atoms. The summed E-state index contributed by atoms with van der Waals surface area (Å²) in [6, 6.07) is 28.6. The number of hydrogen-bond donors (Lipinski definition) is 5. The van der Waals surface area contributed by atoms with Crippen LogP contribution in [0.25, 0.3) is 0 Å². The SMILES string of the molecule is C.CC(C)(C)C1=CC(=C2C=C(C(C)(C)C)C(=O)C(C(C)(C)C)=C2)C=C(C(C)(C)C)C1=O.CC(C)(C)C1=CC(=O)C=C(C(C)(C)C)C1=O.CC(C)(C)c1cc(C=N[C@@H]2CCCC[C@H]2N=Cc2cc(C(C)(C)C)cc(C(C)(C)C)c2O)c(O)c(C(C)(C)C)c1.CC(C)(C)c1cccc(C(C)(C)C)c1O.O=O.Oc1ccccc1C=NCCN=Cc1ccccc1O.[2H][3H].[B]P.[Co].[Co]. The fourth-order valence-electron chi connectivity index (χ4n) is 14.2. The molecule has 5 aromatic carbocycles. The number of allylic oxidation sites excluding steroid dienone is 14. The molecule has 5 aromatic rings. The monoisotopic (exact) mass is 1860 g/mol. The molecule has 9 rings (SSSR count). The zero-order valence-corrected chi connectivity index (χ0v) is 86.9. The first-order valence-electron chi connectivity index (χ1n) is 44.8. The smallest absolute Gasteiger partial charge is 0.186 e. The molecule has 1 fully saturated rings. The van der Waals surface area contributed by atoms with Gasteiger partial charge in [-0.2, -0.15) is 9.12 Å². The van der Waals surface area contributed by atoms with Gasteiger partial charge in [0, 0.05) is 138 Å². The quantitative estimate of drug-likeness (QED) is 0.0305. The Bertz CT molecular complexity index is 4640. The van der Waals surface area contributed by atoms with E-state index in [4.69, 9.17) is 22.9 Å². The number of phenols is 5. The second kappa shape index (κ2) is 47.7. The normalized spacial score (nSPS) is 16.4. The summed E-state index contributed by atoms with van der Waals surface area (Å²) in [4.78, 5) is 82.9. The molecule has 0 aromatic heterocycles. The van der Waals surface area contributed by atoms with Crippen LogP contribution in [0.15, 0.2) is 192 Å². The Morgan fingerprint density at radius 1 is 0.344 bits per heavy atom. The molecule has 0 aliphatic heterocycles. The number of aliphatic imine (C=N–C) groups is 4.